The van der Waals surface area contributed by atoms with E-state index in [2.05, 4.69) is 15.5 Å². The second-order valence-electron chi connectivity index (χ2n) is 5.69. The predicted octanol–water partition coefficient (Wildman–Crippen LogP) is 2.28. The average Bonchev–Trinajstić information content (AvgIpc) is 3.06. The zero-order valence-corrected chi connectivity index (χ0v) is 12.2. The molecule has 1 saturated carbocycles. The van der Waals surface area contributed by atoms with Gasteiger partial charge in [-0.2, -0.15) is 0 Å². The van der Waals surface area contributed by atoms with E-state index in [1.54, 1.807) is 6.92 Å². The Hall–Kier alpha value is -2.63. The molecule has 0 spiro atoms. The molecule has 22 heavy (non-hydrogen) atoms. The van der Waals surface area contributed by atoms with E-state index in [0.29, 0.717) is 24.4 Å². The Bertz CT molecular complexity index is 845. The third kappa shape index (κ3) is 2.47. The van der Waals surface area contributed by atoms with Crippen LogP contribution in [0.15, 0.2) is 34.9 Å². The van der Waals surface area contributed by atoms with E-state index in [-0.39, 0.29) is 5.91 Å². The molecule has 112 valence electrons. The molecule has 0 unspecified atom stereocenters. The van der Waals surface area contributed by atoms with E-state index in [4.69, 9.17) is 4.42 Å². The van der Waals surface area contributed by atoms with Gasteiger partial charge in [-0.05, 0) is 36.4 Å². The molecule has 1 aliphatic rings. The summed E-state index contributed by atoms with van der Waals surface area (Å²) in [5.74, 6) is 1.09. The Balaban J connectivity index is 1.65. The second kappa shape index (κ2) is 4.98. The highest BCUT2D eigenvalue weighted by Gasteiger charge is 2.23. The minimum Gasteiger partial charge on any atom is -0.421 e. The van der Waals surface area contributed by atoms with Crippen LogP contribution in [0.1, 0.15) is 18.7 Å². The minimum atomic E-state index is 0.0547. The Morgan fingerprint density at radius 2 is 2.23 bits per heavy atom. The lowest BCUT2D eigenvalue weighted by Crippen LogP contribution is -2.28. The smallest absolute Gasteiger partial charge is 0.247 e. The van der Waals surface area contributed by atoms with Crippen LogP contribution in [-0.4, -0.2) is 26.7 Å². The van der Waals surface area contributed by atoms with E-state index in [1.165, 1.54) is 0 Å². The maximum Gasteiger partial charge on any atom is 0.247 e. The van der Waals surface area contributed by atoms with Gasteiger partial charge in [-0.15, -0.1) is 10.2 Å². The van der Waals surface area contributed by atoms with Crippen LogP contribution in [0.5, 0.6) is 0 Å². The molecule has 0 saturated heterocycles. The largest absolute Gasteiger partial charge is 0.421 e. The number of rotatable bonds is 4. The SMILES string of the molecule is Cc1nnc(-c2ccc3ccn(CC(=O)NC4CC4)c3c2)o1. The first-order chi connectivity index (χ1) is 10.7. The summed E-state index contributed by atoms with van der Waals surface area (Å²) in [6.45, 7) is 2.09. The number of carbonyl (C=O) groups is 1. The van der Waals surface area contributed by atoms with Crippen LogP contribution < -0.4 is 5.32 Å². The summed E-state index contributed by atoms with van der Waals surface area (Å²) in [6.07, 6.45) is 4.12. The normalized spacial score (nSPS) is 14.4. The predicted molar refractivity (Wildman–Crippen MR) is 81.1 cm³/mol. The van der Waals surface area contributed by atoms with Crippen LogP contribution in [0.2, 0.25) is 0 Å². The number of benzene rings is 1. The van der Waals surface area contributed by atoms with Crippen molar-refractivity contribution < 1.29 is 9.21 Å². The second-order valence-corrected chi connectivity index (χ2v) is 5.69. The Morgan fingerprint density at radius 3 is 2.95 bits per heavy atom. The van der Waals surface area contributed by atoms with Crippen molar-refractivity contribution in [1.29, 1.82) is 0 Å². The van der Waals surface area contributed by atoms with Crippen molar-refractivity contribution in [2.24, 2.45) is 0 Å². The standard InChI is InChI=1S/C16H16N4O2/c1-10-18-19-16(22-10)12-3-2-11-6-7-20(14(11)8-12)9-15(21)17-13-4-5-13/h2-3,6-8,13H,4-5,9H2,1H3,(H,17,21). The van der Waals surface area contributed by atoms with Crippen LogP contribution >= 0.6 is 0 Å². The number of amides is 1. The molecule has 1 fully saturated rings. The van der Waals surface area contributed by atoms with Crippen LogP contribution in [-0.2, 0) is 11.3 Å². The fraction of sp³-hybridized carbons (Fsp3) is 0.312. The third-order valence-electron chi connectivity index (χ3n) is 3.80. The Morgan fingerprint density at radius 1 is 1.36 bits per heavy atom. The quantitative estimate of drug-likeness (QED) is 0.801. The summed E-state index contributed by atoms with van der Waals surface area (Å²) >= 11 is 0. The van der Waals surface area contributed by atoms with E-state index < -0.39 is 0 Å². The molecule has 0 radical (unpaired) electrons. The van der Waals surface area contributed by atoms with E-state index in [9.17, 15) is 4.79 Å². The summed E-state index contributed by atoms with van der Waals surface area (Å²) in [6, 6.07) is 8.31. The Kier molecular flexibility index (Phi) is 2.96. The van der Waals surface area contributed by atoms with Crippen LogP contribution in [0.4, 0.5) is 0 Å². The number of hydrogen-bond acceptors (Lipinski definition) is 4. The number of aromatic nitrogens is 3. The summed E-state index contributed by atoms with van der Waals surface area (Å²) in [5, 5.41) is 12.0. The van der Waals surface area contributed by atoms with Crippen molar-refractivity contribution in [3.63, 3.8) is 0 Å². The van der Waals surface area contributed by atoms with Gasteiger partial charge in [-0.3, -0.25) is 4.79 Å². The summed E-state index contributed by atoms with van der Waals surface area (Å²) in [4.78, 5) is 12.0. The number of carbonyl (C=O) groups excluding carboxylic acids is 1. The number of fused-ring (bicyclic) bond motifs is 1. The highest BCUT2D eigenvalue weighted by molar-refractivity contribution is 5.86. The topological polar surface area (TPSA) is 73.0 Å². The molecule has 3 aromatic rings. The van der Waals surface area contributed by atoms with E-state index in [1.807, 2.05) is 35.0 Å². The molecule has 1 amide bonds. The van der Waals surface area contributed by atoms with Gasteiger partial charge in [0.1, 0.15) is 6.54 Å². The van der Waals surface area contributed by atoms with Crippen molar-refractivity contribution in [2.45, 2.75) is 32.4 Å². The monoisotopic (exact) mass is 296 g/mol. The fourth-order valence-corrected chi connectivity index (χ4v) is 2.52. The number of nitrogens with one attached hydrogen (secondary N) is 1. The van der Waals surface area contributed by atoms with Gasteiger partial charge in [0.05, 0.1) is 0 Å². The highest BCUT2D eigenvalue weighted by Crippen LogP contribution is 2.24. The van der Waals surface area contributed by atoms with E-state index in [0.717, 1.165) is 29.3 Å². The maximum atomic E-state index is 12.0. The lowest BCUT2D eigenvalue weighted by Gasteiger charge is -2.07. The van der Waals surface area contributed by atoms with Gasteiger partial charge in [0.25, 0.3) is 0 Å². The van der Waals surface area contributed by atoms with Crippen molar-refractivity contribution in [3.8, 4) is 11.5 Å². The molecule has 0 aliphatic heterocycles. The first-order valence-corrected chi connectivity index (χ1v) is 7.38. The summed E-state index contributed by atoms with van der Waals surface area (Å²) in [7, 11) is 0. The molecular weight excluding hydrogens is 280 g/mol. The third-order valence-corrected chi connectivity index (χ3v) is 3.80. The lowest BCUT2D eigenvalue weighted by atomic mass is 10.1. The van der Waals surface area contributed by atoms with Gasteiger partial charge in [0, 0.05) is 30.2 Å². The summed E-state index contributed by atoms with van der Waals surface area (Å²) < 4.78 is 7.41. The lowest BCUT2D eigenvalue weighted by molar-refractivity contribution is -0.121. The van der Waals surface area contributed by atoms with Crippen molar-refractivity contribution in [1.82, 2.24) is 20.1 Å². The molecule has 0 bridgehead atoms. The average molecular weight is 296 g/mol. The molecule has 0 atom stereocenters. The minimum absolute atomic E-state index is 0.0547. The highest BCUT2D eigenvalue weighted by atomic mass is 16.4. The molecule has 1 N–H and O–H groups in total. The molecule has 1 aliphatic carbocycles. The summed E-state index contributed by atoms with van der Waals surface area (Å²) in [5.41, 5.74) is 1.84. The molecular formula is C16H16N4O2. The molecule has 4 rings (SSSR count). The molecule has 6 heteroatoms. The first kappa shape index (κ1) is 13.1. The molecule has 6 nitrogen and oxygen atoms in total. The molecule has 2 heterocycles. The number of nitrogens with zero attached hydrogens (tertiary/aromatic N) is 3. The molecule has 2 aromatic heterocycles. The van der Waals surface area contributed by atoms with Gasteiger partial charge >= 0.3 is 0 Å². The fourth-order valence-electron chi connectivity index (χ4n) is 2.52. The van der Waals surface area contributed by atoms with Gasteiger partial charge in [0.15, 0.2) is 0 Å². The van der Waals surface area contributed by atoms with Crippen molar-refractivity contribution >= 4 is 16.8 Å². The van der Waals surface area contributed by atoms with Crippen LogP contribution in [0, 0.1) is 6.92 Å². The van der Waals surface area contributed by atoms with Gasteiger partial charge in [-0.25, -0.2) is 0 Å². The Labute approximate surface area is 127 Å². The van der Waals surface area contributed by atoms with E-state index >= 15 is 0 Å². The van der Waals surface area contributed by atoms with Crippen molar-refractivity contribution in [3.05, 3.63) is 36.4 Å². The van der Waals surface area contributed by atoms with Crippen LogP contribution in [0.3, 0.4) is 0 Å². The maximum absolute atomic E-state index is 12.0. The number of hydrogen-bond donors (Lipinski definition) is 1. The number of aryl methyl sites for hydroxylation is 1. The van der Waals surface area contributed by atoms with Gasteiger partial charge in [-0.1, -0.05) is 6.07 Å². The van der Waals surface area contributed by atoms with Gasteiger partial charge < -0.3 is 14.3 Å². The van der Waals surface area contributed by atoms with Gasteiger partial charge in [0.2, 0.25) is 17.7 Å². The van der Waals surface area contributed by atoms with Crippen molar-refractivity contribution in [2.75, 3.05) is 0 Å². The first-order valence-electron chi connectivity index (χ1n) is 7.38. The zero-order chi connectivity index (χ0) is 15.1. The zero-order valence-electron chi connectivity index (χ0n) is 12.2. The molecule has 1 aromatic carbocycles. The van der Waals surface area contributed by atoms with Crippen LogP contribution in [0.25, 0.3) is 22.4 Å².